The van der Waals surface area contributed by atoms with Gasteiger partial charge in [0.15, 0.2) is 0 Å². The minimum atomic E-state index is -0.533. The smallest absolute Gasteiger partial charge is 0.333 e. The van der Waals surface area contributed by atoms with E-state index in [1.54, 1.807) is 13.0 Å². The molecule has 0 saturated heterocycles. The van der Waals surface area contributed by atoms with Crippen molar-refractivity contribution in [3.8, 4) is 0 Å². The van der Waals surface area contributed by atoms with Gasteiger partial charge in [-0.2, -0.15) is 0 Å². The highest BCUT2D eigenvalue weighted by Crippen LogP contribution is 2.28. The fourth-order valence-corrected chi connectivity index (χ4v) is 2.83. The van der Waals surface area contributed by atoms with E-state index in [0.29, 0.717) is 5.57 Å². The zero-order valence-electron chi connectivity index (χ0n) is 15.9. The van der Waals surface area contributed by atoms with E-state index in [2.05, 4.69) is 4.74 Å². The first-order chi connectivity index (χ1) is 11.0. The second kappa shape index (κ2) is 10.1. The number of carbonyl (C=O) groups is 3. The van der Waals surface area contributed by atoms with Crippen LogP contribution in [0.3, 0.4) is 0 Å². The maximum absolute atomic E-state index is 11.6. The molecule has 0 aliphatic rings. The first kappa shape index (κ1) is 22.1. The standard InChI is InChI=1S/C18H30O6/c1-10(2)16(23-14(6)19)13(5)17(24-15(7)20)11(3)9-12(4)18(21)22-8/h9-11,13,16-17H,1-8H3/b12-9+/t11-,13+,16-,17-/m0/s1. The van der Waals surface area contributed by atoms with Crippen molar-refractivity contribution in [2.75, 3.05) is 7.11 Å². The van der Waals surface area contributed by atoms with E-state index in [9.17, 15) is 14.4 Å². The molecule has 0 aromatic rings. The molecule has 0 heterocycles. The summed E-state index contributed by atoms with van der Waals surface area (Å²) in [4.78, 5) is 34.5. The summed E-state index contributed by atoms with van der Waals surface area (Å²) >= 11 is 0. The largest absolute Gasteiger partial charge is 0.466 e. The van der Waals surface area contributed by atoms with E-state index in [1.807, 2.05) is 27.7 Å². The second-order valence-electron chi connectivity index (χ2n) is 6.45. The lowest BCUT2D eigenvalue weighted by atomic mass is 9.84. The average Bonchev–Trinajstić information content (AvgIpc) is 2.47. The number of carbonyl (C=O) groups excluding carboxylic acids is 3. The second-order valence-corrected chi connectivity index (χ2v) is 6.45. The molecule has 0 amide bonds. The highest BCUT2D eigenvalue weighted by molar-refractivity contribution is 5.87. The summed E-state index contributed by atoms with van der Waals surface area (Å²) in [5.74, 6) is -1.67. The lowest BCUT2D eigenvalue weighted by Gasteiger charge is -2.34. The number of hydrogen-bond acceptors (Lipinski definition) is 6. The summed E-state index contributed by atoms with van der Waals surface area (Å²) in [5.41, 5.74) is 0.433. The zero-order chi connectivity index (χ0) is 19.0. The summed E-state index contributed by atoms with van der Waals surface area (Å²) in [6.45, 7) is 11.9. The van der Waals surface area contributed by atoms with Gasteiger partial charge in [0.1, 0.15) is 12.2 Å². The van der Waals surface area contributed by atoms with Crippen molar-refractivity contribution in [2.24, 2.45) is 17.8 Å². The molecule has 0 radical (unpaired) electrons. The molecule has 0 aliphatic heterocycles. The summed E-state index contributed by atoms with van der Waals surface area (Å²) in [6.07, 6.45) is 0.774. The molecule has 0 aromatic carbocycles. The van der Waals surface area contributed by atoms with Crippen molar-refractivity contribution >= 4 is 17.9 Å². The molecule has 0 unspecified atom stereocenters. The number of hydrogen-bond donors (Lipinski definition) is 0. The van der Waals surface area contributed by atoms with Crippen LogP contribution in [-0.4, -0.2) is 37.2 Å². The van der Waals surface area contributed by atoms with Crippen molar-refractivity contribution < 1.29 is 28.6 Å². The molecule has 0 rings (SSSR count). The first-order valence-corrected chi connectivity index (χ1v) is 8.12. The van der Waals surface area contributed by atoms with Crippen LogP contribution in [0.4, 0.5) is 0 Å². The molecule has 0 aromatic heterocycles. The summed E-state index contributed by atoms with van der Waals surface area (Å²) < 4.78 is 15.6. The molecule has 0 spiro atoms. The van der Waals surface area contributed by atoms with Crippen LogP contribution in [0.2, 0.25) is 0 Å². The molecular formula is C18H30O6. The maximum atomic E-state index is 11.6. The molecule has 0 saturated carbocycles. The van der Waals surface area contributed by atoms with Crippen molar-refractivity contribution in [1.29, 1.82) is 0 Å². The normalized spacial score (nSPS) is 16.8. The lowest BCUT2D eigenvalue weighted by Crippen LogP contribution is -2.41. The monoisotopic (exact) mass is 342 g/mol. The Morgan fingerprint density at radius 1 is 0.833 bits per heavy atom. The van der Waals surface area contributed by atoms with Crippen LogP contribution < -0.4 is 0 Å². The Bertz CT molecular complexity index is 480. The van der Waals surface area contributed by atoms with E-state index in [1.165, 1.54) is 21.0 Å². The predicted octanol–water partition coefficient (Wildman–Crippen LogP) is 2.90. The molecule has 24 heavy (non-hydrogen) atoms. The maximum Gasteiger partial charge on any atom is 0.333 e. The summed E-state index contributed by atoms with van der Waals surface area (Å²) in [7, 11) is 1.31. The molecule has 0 aliphatic carbocycles. The molecular weight excluding hydrogens is 312 g/mol. The Morgan fingerprint density at radius 3 is 1.67 bits per heavy atom. The highest BCUT2D eigenvalue weighted by Gasteiger charge is 2.35. The summed E-state index contributed by atoms with van der Waals surface area (Å²) in [6, 6.07) is 0. The van der Waals surface area contributed by atoms with Crippen molar-refractivity contribution in [1.82, 2.24) is 0 Å². The molecule has 6 nitrogen and oxygen atoms in total. The number of methoxy groups -OCH3 is 1. The van der Waals surface area contributed by atoms with Gasteiger partial charge < -0.3 is 14.2 Å². The molecule has 4 atom stereocenters. The molecule has 0 bridgehead atoms. The van der Waals surface area contributed by atoms with Gasteiger partial charge in [0.25, 0.3) is 0 Å². The SMILES string of the molecule is COC(=O)/C(C)=C/[C@H](C)[C@H](OC(C)=O)[C@H](C)[C@@H](OC(C)=O)C(C)C. The fraction of sp³-hybridized carbons (Fsp3) is 0.722. The topological polar surface area (TPSA) is 78.9 Å². The van der Waals surface area contributed by atoms with Crippen LogP contribution in [0.25, 0.3) is 0 Å². The van der Waals surface area contributed by atoms with Crippen molar-refractivity contribution in [2.45, 2.75) is 60.7 Å². The fourth-order valence-electron chi connectivity index (χ4n) is 2.83. The number of ether oxygens (including phenoxy) is 3. The Kier molecular flexibility index (Phi) is 9.33. The van der Waals surface area contributed by atoms with Crippen LogP contribution in [-0.2, 0) is 28.6 Å². The predicted molar refractivity (Wildman–Crippen MR) is 90.0 cm³/mol. The van der Waals surface area contributed by atoms with Gasteiger partial charge >= 0.3 is 17.9 Å². The number of rotatable bonds is 8. The highest BCUT2D eigenvalue weighted by atomic mass is 16.6. The minimum absolute atomic E-state index is 0.0554. The van der Waals surface area contributed by atoms with Gasteiger partial charge in [-0.15, -0.1) is 0 Å². The van der Waals surface area contributed by atoms with E-state index in [-0.39, 0.29) is 23.7 Å². The van der Waals surface area contributed by atoms with Crippen molar-refractivity contribution in [3.63, 3.8) is 0 Å². The van der Waals surface area contributed by atoms with Gasteiger partial charge in [0.05, 0.1) is 7.11 Å². The molecule has 0 fully saturated rings. The third-order valence-electron chi connectivity index (χ3n) is 3.84. The van der Waals surface area contributed by atoms with Gasteiger partial charge in [0.2, 0.25) is 0 Å². The van der Waals surface area contributed by atoms with Gasteiger partial charge in [-0.3, -0.25) is 9.59 Å². The summed E-state index contributed by atoms with van der Waals surface area (Å²) in [5, 5.41) is 0. The minimum Gasteiger partial charge on any atom is -0.466 e. The van der Waals surface area contributed by atoms with Crippen LogP contribution in [0.15, 0.2) is 11.6 Å². The van der Waals surface area contributed by atoms with Gasteiger partial charge in [0, 0.05) is 31.3 Å². The van der Waals surface area contributed by atoms with Crippen LogP contribution in [0.1, 0.15) is 48.5 Å². The van der Waals surface area contributed by atoms with Gasteiger partial charge in [-0.05, 0) is 12.8 Å². The third kappa shape index (κ3) is 7.15. The lowest BCUT2D eigenvalue weighted by molar-refractivity contribution is -0.163. The van der Waals surface area contributed by atoms with E-state index < -0.39 is 24.1 Å². The quantitative estimate of drug-likeness (QED) is 0.383. The molecule has 0 N–H and O–H groups in total. The van der Waals surface area contributed by atoms with E-state index >= 15 is 0 Å². The van der Waals surface area contributed by atoms with E-state index in [0.717, 1.165) is 0 Å². The average molecular weight is 342 g/mol. The Morgan fingerprint density at radius 2 is 1.29 bits per heavy atom. The molecule has 6 heteroatoms. The Labute approximate surface area is 144 Å². The Hall–Kier alpha value is -1.85. The zero-order valence-corrected chi connectivity index (χ0v) is 15.9. The van der Waals surface area contributed by atoms with Gasteiger partial charge in [-0.1, -0.05) is 33.8 Å². The Balaban J connectivity index is 5.53. The van der Waals surface area contributed by atoms with E-state index in [4.69, 9.17) is 9.47 Å². The van der Waals surface area contributed by atoms with Crippen LogP contribution >= 0.6 is 0 Å². The van der Waals surface area contributed by atoms with Crippen molar-refractivity contribution in [3.05, 3.63) is 11.6 Å². The third-order valence-corrected chi connectivity index (χ3v) is 3.84. The van der Waals surface area contributed by atoms with Crippen LogP contribution in [0, 0.1) is 17.8 Å². The van der Waals surface area contributed by atoms with Gasteiger partial charge in [-0.25, -0.2) is 4.79 Å². The van der Waals surface area contributed by atoms with Crippen LogP contribution in [0.5, 0.6) is 0 Å². The number of esters is 3. The molecule has 138 valence electrons. The first-order valence-electron chi connectivity index (χ1n) is 8.12.